The van der Waals surface area contributed by atoms with Crippen LogP contribution in [0.25, 0.3) is 0 Å². The Kier molecular flexibility index (Phi) is 5.40. The average molecular weight is 283 g/mol. The lowest BCUT2D eigenvalue weighted by Crippen LogP contribution is -2.21. The number of benzene rings is 2. The predicted octanol–water partition coefficient (Wildman–Crippen LogP) is 4.38. The summed E-state index contributed by atoms with van der Waals surface area (Å²) in [6.45, 7) is 10.1. The summed E-state index contributed by atoms with van der Waals surface area (Å²) in [7, 11) is 0. The Bertz CT molecular complexity index is 573. The van der Waals surface area contributed by atoms with E-state index in [-0.39, 0.29) is 0 Å². The Labute approximate surface area is 128 Å². The van der Waals surface area contributed by atoms with Crippen LogP contribution in [0, 0.1) is 13.8 Å². The van der Waals surface area contributed by atoms with Gasteiger partial charge < -0.3 is 10.1 Å². The largest absolute Gasteiger partial charge is 0.489 e. The van der Waals surface area contributed by atoms with Gasteiger partial charge in [-0.2, -0.15) is 0 Å². The molecule has 0 aromatic heterocycles. The van der Waals surface area contributed by atoms with Crippen molar-refractivity contribution in [3.63, 3.8) is 0 Å². The summed E-state index contributed by atoms with van der Waals surface area (Å²) in [5, 5.41) is 3.42. The summed E-state index contributed by atoms with van der Waals surface area (Å²) < 4.78 is 5.85. The summed E-state index contributed by atoms with van der Waals surface area (Å²) in [5.41, 5.74) is 5.06. The highest BCUT2D eigenvalue weighted by molar-refractivity contribution is 5.34. The summed E-state index contributed by atoms with van der Waals surface area (Å²) in [5.74, 6) is 0.934. The Morgan fingerprint density at radius 1 is 0.905 bits per heavy atom. The van der Waals surface area contributed by atoms with Crippen molar-refractivity contribution in [2.45, 2.75) is 46.9 Å². The van der Waals surface area contributed by atoms with E-state index < -0.39 is 0 Å². The van der Waals surface area contributed by atoms with Crippen LogP contribution in [-0.2, 0) is 13.2 Å². The van der Waals surface area contributed by atoms with Gasteiger partial charge in [0.2, 0.25) is 0 Å². The summed E-state index contributed by atoms with van der Waals surface area (Å²) in [4.78, 5) is 0. The van der Waals surface area contributed by atoms with Crippen molar-refractivity contribution in [2.75, 3.05) is 0 Å². The second-order valence-corrected chi connectivity index (χ2v) is 5.89. The van der Waals surface area contributed by atoms with Gasteiger partial charge in [-0.15, -0.1) is 0 Å². The topological polar surface area (TPSA) is 21.3 Å². The van der Waals surface area contributed by atoms with Crippen molar-refractivity contribution >= 4 is 0 Å². The zero-order valence-electron chi connectivity index (χ0n) is 13.4. The number of aryl methyl sites for hydroxylation is 2. The smallest absolute Gasteiger partial charge is 0.120 e. The molecule has 0 atom stereocenters. The van der Waals surface area contributed by atoms with Gasteiger partial charge in [0.05, 0.1) is 0 Å². The molecular formula is C19H25NO. The number of ether oxygens (including phenoxy) is 1. The number of nitrogens with one attached hydrogen (secondary N) is 1. The van der Waals surface area contributed by atoms with Gasteiger partial charge in [0, 0.05) is 12.6 Å². The molecule has 0 radical (unpaired) electrons. The third kappa shape index (κ3) is 4.91. The Balaban J connectivity index is 1.89. The van der Waals surface area contributed by atoms with E-state index in [1.165, 1.54) is 22.3 Å². The average Bonchev–Trinajstić information content (AvgIpc) is 2.47. The maximum absolute atomic E-state index is 5.85. The van der Waals surface area contributed by atoms with Crippen LogP contribution in [0.1, 0.15) is 36.1 Å². The van der Waals surface area contributed by atoms with E-state index in [1.54, 1.807) is 0 Å². The van der Waals surface area contributed by atoms with Crippen LogP contribution in [0.2, 0.25) is 0 Å². The second-order valence-electron chi connectivity index (χ2n) is 5.89. The molecule has 0 bridgehead atoms. The minimum absolute atomic E-state index is 0.512. The normalized spacial score (nSPS) is 10.9. The van der Waals surface area contributed by atoms with Crippen molar-refractivity contribution in [2.24, 2.45) is 0 Å². The molecule has 0 spiro atoms. The molecule has 2 rings (SSSR count). The van der Waals surface area contributed by atoms with Gasteiger partial charge in [0.15, 0.2) is 0 Å². The fourth-order valence-corrected chi connectivity index (χ4v) is 2.05. The molecule has 2 aromatic carbocycles. The SMILES string of the molecule is Cc1ccc(OCc2ccc(CNC(C)C)cc2)cc1C. The fourth-order valence-electron chi connectivity index (χ4n) is 2.05. The van der Waals surface area contributed by atoms with Gasteiger partial charge in [-0.1, -0.05) is 44.2 Å². The van der Waals surface area contributed by atoms with Crippen molar-refractivity contribution in [3.8, 4) is 5.75 Å². The first kappa shape index (κ1) is 15.6. The molecule has 0 aliphatic heterocycles. The van der Waals surface area contributed by atoms with E-state index in [0.29, 0.717) is 12.6 Å². The molecule has 0 saturated heterocycles. The fraction of sp³-hybridized carbons (Fsp3) is 0.368. The molecular weight excluding hydrogens is 258 g/mol. The monoisotopic (exact) mass is 283 g/mol. The van der Waals surface area contributed by atoms with E-state index in [9.17, 15) is 0 Å². The molecule has 0 saturated carbocycles. The molecule has 0 aliphatic rings. The first-order chi connectivity index (χ1) is 10.0. The molecule has 0 amide bonds. The van der Waals surface area contributed by atoms with Crippen LogP contribution in [0.3, 0.4) is 0 Å². The lowest BCUT2D eigenvalue weighted by Gasteiger charge is -2.10. The zero-order valence-corrected chi connectivity index (χ0v) is 13.4. The van der Waals surface area contributed by atoms with Crippen LogP contribution in [-0.4, -0.2) is 6.04 Å². The quantitative estimate of drug-likeness (QED) is 0.849. The maximum Gasteiger partial charge on any atom is 0.120 e. The van der Waals surface area contributed by atoms with Gasteiger partial charge in [0.1, 0.15) is 12.4 Å². The number of hydrogen-bond donors (Lipinski definition) is 1. The first-order valence-electron chi connectivity index (χ1n) is 7.56. The lowest BCUT2D eigenvalue weighted by atomic mass is 10.1. The van der Waals surface area contributed by atoms with Gasteiger partial charge in [0.25, 0.3) is 0 Å². The van der Waals surface area contributed by atoms with E-state index >= 15 is 0 Å². The highest BCUT2D eigenvalue weighted by Crippen LogP contribution is 2.18. The van der Waals surface area contributed by atoms with Crippen LogP contribution in [0.15, 0.2) is 42.5 Å². The van der Waals surface area contributed by atoms with Gasteiger partial charge in [-0.3, -0.25) is 0 Å². The van der Waals surface area contributed by atoms with Crippen LogP contribution >= 0.6 is 0 Å². The highest BCUT2D eigenvalue weighted by Gasteiger charge is 2.00. The van der Waals surface area contributed by atoms with Crippen LogP contribution in [0.5, 0.6) is 5.75 Å². The third-order valence-corrected chi connectivity index (χ3v) is 3.62. The van der Waals surface area contributed by atoms with Crippen LogP contribution in [0.4, 0.5) is 0 Å². The maximum atomic E-state index is 5.85. The molecule has 21 heavy (non-hydrogen) atoms. The minimum Gasteiger partial charge on any atom is -0.489 e. The second kappa shape index (κ2) is 7.28. The molecule has 2 heteroatoms. The third-order valence-electron chi connectivity index (χ3n) is 3.62. The molecule has 112 valence electrons. The molecule has 2 nitrogen and oxygen atoms in total. The van der Waals surface area contributed by atoms with Gasteiger partial charge >= 0.3 is 0 Å². The molecule has 0 aliphatic carbocycles. The summed E-state index contributed by atoms with van der Waals surface area (Å²) >= 11 is 0. The van der Waals surface area contributed by atoms with Crippen molar-refractivity contribution < 1.29 is 4.74 Å². The van der Waals surface area contributed by atoms with E-state index in [4.69, 9.17) is 4.74 Å². The molecule has 2 aromatic rings. The molecule has 0 heterocycles. The Morgan fingerprint density at radius 2 is 1.57 bits per heavy atom. The van der Waals surface area contributed by atoms with E-state index in [0.717, 1.165) is 12.3 Å². The molecule has 0 unspecified atom stereocenters. The lowest BCUT2D eigenvalue weighted by molar-refractivity contribution is 0.306. The van der Waals surface area contributed by atoms with Crippen molar-refractivity contribution in [3.05, 3.63) is 64.7 Å². The van der Waals surface area contributed by atoms with Gasteiger partial charge in [-0.25, -0.2) is 0 Å². The van der Waals surface area contributed by atoms with E-state index in [2.05, 4.69) is 69.4 Å². The zero-order chi connectivity index (χ0) is 15.2. The number of rotatable bonds is 6. The Morgan fingerprint density at radius 3 is 2.19 bits per heavy atom. The van der Waals surface area contributed by atoms with Gasteiger partial charge in [-0.05, 0) is 48.2 Å². The first-order valence-corrected chi connectivity index (χ1v) is 7.56. The summed E-state index contributed by atoms with van der Waals surface area (Å²) in [6.07, 6.45) is 0. The van der Waals surface area contributed by atoms with Crippen molar-refractivity contribution in [1.82, 2.24) is 5.32 Å². The van der Waals surface area contributed by atoms with E-state index in [1.807, 2.05) is 6.07 Å². The summed E-state index contributed by atoms with van der Waals surface area (Å²) in [6, 6.07) is 15.3. The standard InChI is InChI=1S/C19H25NO/c1-14(2)20-12-17-6-8-18(9-7-17)13-21-19-10-5-15(3)16(4)11-19/h5-11,14,20H,12-13H2,1-4H3. The predicted molar refractivity (Wildman–Crippen MR) is 88.7 cm³/mol. The number of hydrogen-bond acceptors (Lipinski definition) is 2. The minimum atomic E-state index is 0.512. The van der Waals surface area contributed by atoms with Crippen LogP contribution < -0.4 is 10.1 Å². The molecule has 0 fully saturated rings. The highest BCUT2D eigenvalue weighted by atomic mass is 16.5. The van der Waals surface area contributed by atoms with Crippen molar-refractivity contribution in [1.29, 1.82) is 0 Å². The molecule has 1 N–H and O–H groups in total. The Hall–Kier alpha value is -1.80.